The molecule has 0 saturated carbocycles. The number of carbonyl (C=O) groups is 1. The van der Waals surface area contributed by atoms with Crippen LogP contribution in [0.5, 0.6) is 0 Å². The maximum absolute atomic E-state index is 10.4. The van der Waals surface area contributed by atoms with E-state index in [9.17, 15) is 4.79 Å². The Morgan fingerprint density at radius 1 is 1.82 bits per heavy atom. The van der Waals surface area contributed by atoms with E-state index in [0.29, 0.717) is 6.54 Å². The van der Waals surface area contributed by atoms with Crippen molar-refractivity contribution in [2.75, 3.05) is 0 Å². The van der Waals surface area contributed by atoms with Crippen LogP contribution in [0.25, 0.3) is 0 Å². The molecule has 0 unspecified atom stereocenters. The maximum atomic E-state index is 10.4. The van der Waals surface area contributed by atoms with E-state index in [1.54, 1.807) is 30.2 Å². The molecule has 1 atom stereocenters. The van der Waals surface area contributed by atoms with Crippen LogP contribution in [0.15, 0.2) is 18.7 Å². The summed E-state index contributed by atoms with van der Waals surface area (Å²) in [7, 11) is 0. The summed E-state index contributed by atoms with van der Waals surface area (Å²) in [6.07, 6.45) is 4.99. The van der Waals surface area contributed by atoms with E-state index < -0.39 is 5.97 Å². The second-order valence-electron chi connectivity index (χ2n) is 2.50. The lowest BCUT2D eigenvalue weighted by molar-refractivity contribution is -0.141. The molecule has 4 nitrogen and oxygen atoms in total. The normalized spacial score (nSPS) is 12.8. The van der Waals surface area contributed by atoms with Crippen LogP contribution in [0, 0.1) is 5.92 Å². The third kappa shape index (κ3) is 2.07. The van der Waals surface area contributed by atoms with Crippen molar-refractivity contribution in [1.29, 1.82) is 0 Å². The summed E-state index contributed by atoms with van der Waals surface area (Å²) in [5.41, 5.74) is 0. The van der Waals surface area contributed by atoms with E-state index in [0.717, 1.165) is 0 Å². The minimum absolute atomic E-state index is 0.357. The third-order valence-electron chi connectivity index (χ3n) is 1.47. The lowest BCUT2D eigenvalue weighted by atomic mass is 10.2. The van der Waals surface area contributed by atoms with Gasteiger partial charge >= 0.3 is 5.97 Å². The molecule has 4 heteroatoms. The molecule has 1 aromatic heterocycles. The van der Waals surface area contributed by atoms with Gasteiger partial charge in [0.05, 0.1) is 12.2 Å². The summed E-state index contributed by atoms with van der Waals surface area (Å²) >= 11 is 0. The fraction of sp³-hybridized carbons (Fsp3) is 0.429. The SMILES string of the molecule is C[C@H](Cn1ccnc1)C(=O)O. The van der Waals surface area contributed by atoms with E-state index in [1.165, 1.54) is 0 Å². The standard InChI is InChI=1S/C7H10N2O2/c1-6(7(10)11)4-9-3-2-8-5-9/h2-3,5-6H,4H2,1H3,(H,10,11)/t6-/m1/s1. The number of hydrogen-bond donors (Lipinski definition) is 1. The van der Waals surface area contributed by atoms with Crippen LogP contribution < -0.4 is 0 Å². The zero-order valence-electron chi connectivity index (χ0n) is 6.27. The van der Waals surface area contributed by atoms with E-state index in [4.69, 9.17) is 5.11 Å². The number of nitrogens with zero attached hydrogens (tertiary/aromatic N) is 2. The van der Waals surface area contributed by atoms with Crippen LogP contribution in [-0.2, 0) is 11.3 Å². The second-order valence-corrected chi connectivity index (χ2v) is 2.50. The van der Waals surface area contributed by atoms with Crippen molar-refractivity contribution >= 4 is 5.97 Å². The summed E-state index contributed by atoms with van der Waals surface area (Å²) in [5.74, 6) is -1.14. The van der Waals surface area contributed by atoms with Gasteiger partial charge in [0, 0.05) is 18.9 Å². The molecule has 0 amide bonds. The number of carboxylic acids is 1. The predicted octanol–water partition coefficient (Wildman–Crippen LogP) is 0.604. The second kappa shape index (κ2) is 3.18. The first kappa shape index (κ1) is 7.78. The Kier molecular flexibility index (Phi) is 2.25. The molecule has 1 heterocycles. The van der Waals surface area contributed by atoms with Crippen molar-refractivity contribution in [2.24, 2.45) is 5.92 Å². The van der Waals surface area contributed by atoms with Crippen LogP contribution in [-0.4, -0.2) is 20.6 Å². The van der Waals surface area contributed by atoms with Gasteiger partial charge in [-0.05, 0) is 0 Å². The first-order valence-corrected chi connectivity index (χ1v) is 3.38. The van der Waals surface area contributed by atoms with Crippen molar-refractivity contribution in [3.63, 3.8) is 0 Å². The predicted molar refractivity (Wildman–Crippen MR) is 39.0 cm³/mol. The average Bonchev–Trinajstić information content (AvgIpc) is 2.39. The van der Waals surface area contributed by atoms with E-state index in [1.807, 2.05) is 0 Å². The average molecular weight is 154 g/mol. The highest BCUT2D eigenvalue weighted by molar-refractivity contribution is 5.69. The largest absolute Gasteiger partial charge is 0.481 e. The fourth-order valence-electron chi connectivity index (χ4n) is 0.789. The quantitative estimate of drug-likeness (QED) is 0.693. The zero-order valence-corrected chi connectivity index (χ0v) is 6.27. The molecule has 0 saturated heterocycles. The number of rotatable bonds is 3. The first-order valence-electron chi connectivity index (χ1n) is 3.38. The van der Waals surface area contributed by atoms with Gasteiger partial charge in [-0.2, -0.15) is 0 Å². The van der Waals surface area contributed by atoms with E-state index in [2.05, 4.69) is 4.98 Å². The van der Waals surface area contributed by atoms with E-state index >= 15 is 0 Å². The Morgan fingerprint density at radius 2 is 2.55 bits per heavy atom. The van der Waals surface area contributed by atoms with Gasteiger partial charge in [0.1, 0.15) is 0 Å². The smallest absolute Gasteiger partial charge is 0.308 e. The summed E-state index contributed by atoms with van der Waals surface area (Å²) in [6.45, 7) is 2.15. The fourth-order valence-corrected chi connectivity index (χ4v) is 0.789. The summed E-state index contributed by atoms with van der Waals surface area (Å²) in [5, 5.41) is 8.55. The van der Waals surface area contributed by atoms with Crippen molar-refractivity contribution in [3.8, 4) is 0 Å². The molecule has 11 heavy (non-hydrogen) atoms. The van der Waals surface area contributed by atoms with Crippen LogP contribution in [0.4, 0.5) is 0 Å². The molecular formula is C7H10N2O2. The third-order valence-corrected chi connectivity index (χ3v) is 1.47. The Labute approximate surface area is 64.5 Å². The highest BCUT2D eigenvalue weighted by Crippen LogP contribution is 1.99. The van der Waals surface area contributed by atoms with Gasteiger partial charge in [-0.15, -0.1) is 0 Å². The summed E-state index contributed by atoms with van der Waals surface area (Å²) < 4.78 is 1.75. The highest BCUT2D eigenvalue weighted by atomic mass is 16.4. The molecule has 0 fully saturated rings. The molecule has 60 valence electrons. The maximum Gasteiger partial charge on any atom is 0.308 e. The van der Waals surface area contributed by atoms with Gasteiger partial charge in [0.15, 0.2) is 0 Å². The van der Waals surface area contributed by atoms with Crippen LogP contribution in [0.3, 0.4) is 0 Å². The summed E-state index contributed by atoms with van der Waals surface area (Å²) in [4.78, 5) is 14.2. The monoisotopic (exact) mass is 154 g/mol. The van der Waals surface area contributed by atoms with Crippen LogP contribution in [0.1, 0.15) is 6.92 Å². The lowest BCUT2D eigenvalue weighted by Crippen LogP contribution is -2.15. The van der Waals surface area contributed by atoms with Crippen molar-refractivity contribution in [2.45, 2.75) is 13.5 Å². The highest BCUT2D eigenvalue weighted by Gasteiger charge is 2.10. The first-order chi connectivity index (χ1) is 5.20. The molecule has 0 radical (unpaired) electrons. The van der Waals surface area contributed by atoms with Gasteiger partial charge in [-0.25, -0.2) is 4.98 Å². The molecule has 0 spiro atoms. The van der Waals surface area contributed by atoms with Crippen LogP contribution in [0.2, 0.25) is 0 Å². The minimum Gasteiger partial charge on any atom is -0.481 e. The molecule has 0 aliphatic carbocycles. The topological polar surface area (TPSA) is 55.1 Å². The molecular weight excluding hydrogens is 144 g/mol. The van der Waals surface area contributed by atoms with Gasteiger partial charge in [-0.3, -0.25) is 4.79 Å². The molecule has 0 aliphatic rings. The number of aliphatic carboxylic acids is 1. The zero-order chi connectivity index (χ0) is 8.27. The Morgan fingerprint density at radius 3 is 3.00 bits per heavy atom. The molecule has 0 bridgehead atoms. The Hall–Kier alpha value is -1.32. The Balaban J connectivity index is 2.50. The Bertz CT molecular complexity index is 231. The minimum atomic E-state index is -0.779. The van der Waals surface area contributed by atoms with E-state index in [-0.39, 0.29) is 5.92 Å². The number of imidazole rings is 1. The molecule has 1 rings (SSSR count). The molecule has 0 aromatic carbocycles. The number of carboxylic acid groups (broad SMARTS) is 1. The summed E-state index contributed by atoms with van der Waals surface area (Å²) in [6, 6.07) is 0. The number of hydrogen-bond acceptors (Lipinski definition) is 2. The molecule has 0 aliphatic heterocycles. The number of aromatic nitrogens is 2. The van der Waals surface area contributed by atoms with Crippen molar-refractivity contribution in [3.05, 3.63) is 18.7 Å². The van der Waals surface area contributed by atoms with Gasteiger partial charge in [0.25, 0.3) is 0 Å². The van der Waals surface area contributed by atoms with Crippen LogP contribution >= 0.6 is 0 Å². The lowest BCUT2D eigenvalue weighted by Gasteiger charge is -2.05. The molecule has 1 N–H and O–H groups in total. The van der Waals surface area contributed by atoms with Gasteiger partial charge in [-0.1, -0.05) is 6.92 Å². The van der Waals surface area contributed by atoms with Gasteiger partial charge < -0.3 is 9.67 Å². The van der Waals surface area contributed by atoms with Crippen molar-refractivity contribution in [1.82, 2.24) is 9.55 Å². The van der Waals surface area contributed by atoms with Crippen molar-refractivity contribution < 1.29 is 9.90 Å². The van der Waals surface area contributed by atoms with Gasteiger partial charge in [0.2, 0.25) is 0 Å². The molecule has 1 aromatic rings.